The van der Waals surface area contributed by atoms with Crippen LogP contribution >= 0.6 is 11.3 Å². The van der Waals surface area contributed by atoms with Gasteiger partial charge in [-0.2, -0.15) is 0 Å². The van der Waals surface area contributed by atoms with Crippen molar-refractivity contribution < 1.29 is 9.13 Å². The van der Waals surface area contributed by atoms with Crippen LogP contribution in [0.5, 0.6) is 5.75 Å². The number of rotatable bonds is 4. The Labute approximate surface area is 128 Å². The summed E-state index contributed by atoms with van der Waals surface area (Å²) in [4.78, 5) is 6.17. The van der Waals surface area contributed by atoms with Gasteiger partial charge in [-0.05, 0) is 50.4 Å². The Morgan fingerprint density at radius 1 is 1.33 bits per heavy atom. The minimum Gasteiger partial charge on any atom is -0.494 e. The molecular weight excluding hydrogens is 287 g/mol. The van der Waals surface area contributed by atoms with Gasteiger partial charge in [-0.15, -0.1) is 11.3 Å². The largest absolute Gasteiger partial charge is 0.494 e. The molecule has 0 radical (unpaired) electrons. The number of thiazole rings is 1. The average molecular weight is 306 g/mol. The van der Waals surface area contributed by atoms with Crippen LogP contribution in [0.3, 0.4) is 0 Å². The van der Waals surface area contributed by atoms with Crippen LogP contribution in [0.15, 0.2) is 18.2 Å². The molecule has 1 aliphatic rings. The van der Waals surface area contributed by atoms with Crippen LogP contribution in [0.2, 0.25) is 0 Å². The highest BCUT2D eigenvalue weighted by Gasteiger charge is 2.22. The number of nitrogens with one attached hydrogen (secondary N) is 1. The minimum absolute atomic E-state index is 0.0685. The van der Waals surface area contributed by atoms with E-state index in [1.54, 1.807) is 17.4 Å². The van der Waals surface area contributed by atoms with Gasteiger partial charge in [-0.25, -0.2) is 9.37 Å². The molecule has 0 saturated carbocycles. The predicted molar refractivity (Wildman–Crippen MR) is 82.6 cm³/mol. The molecule has 2 aromatic rings. The van der Waals surface area contributed by atoms with Crippen molar-refractivity contribution in [2.75, 3.05) is 14.2 Å². The Bertz CT molecular complexity index is 618. The normalized spacial score (nSPS) is 15.6. The van der Waals surface area contributed by atoms with Crippen molar-refractivity contribution in [1.82, 2.24) is 10.3 Å². The van der Waals surface area contributed by atoms with E-state index in [0.29, 0.717) is 0 Å². The SMILES string of the molecule is CNC(c1ccc(OC)c(F)c1)c1nc2c(s1)CCCC2. The zero-order chi connectivity index (χ0) is 14.8. The third kappa shape index (κ3) is 2.80. The predicted octanol–water partition coefficient (Wildman–Crippen LogP) is 3.48. The van der Waals surface area contributed by atoms with Crippen molar-refractivity contribution in [3.05, 3.63) is 45.2 Å². The van der Waals surface area contributed by atoms with Crippen molar-refractivity contribution >= 4 is 11.3 Å². The van der Waals surface area contributed by atoms with Crippen LogP contribution in [0, 0.1) is 5.82 Å². The van der Waals surface area contributed by atoms with Gasteiger partial charge in [0.25, 0.3) is 0 Å². The van der Waals surface area contributed by atoms with Gasteiger partial charge >= 0.3 is 0 Å². The van der Waals surface area contributed by atoms with Gasteiger partial charge in [0.15, 0.2) is 11.6 Å². The zero-order valence-electron chi connectivity index (χ0n) is 12.3. The molecule has 0 aliphatic heterocycles. The number of fused-ring (bicyclic) bond motifs is 1. The van der Waals surface area contributed by atoms with Gasteiger partial charge in [0.1, 0.15) is 5.01 Å². The van der Waals surface area contributed by atoms with Gasteiger partial charge in [-0.3, -0.25) is 0 Å². The number of aryl methyl sites for hydroxylation is 2. The van der Waals surface area contributed by atoms with E-state index < -0.39 is 0 Å². The fraction of sp³-hybridized carbons (Fsp3) is 0.438. The van der Waals surface area contributed by atoms with Crippen LogP contribution in [0.4, 0.5) is 4.39 Å². The molecule has 5 heteroatoms. The molecule has 3 nitrogen and oxygen atoms in total. The molecule has 1 aromatic carbocycles. The van der Waals surface area contributed by atoms with Crippen LogP contribution < -0.4 is 10.1 Å². The molecule has 1 heterocycles. The first-order valence-electron chi connectivity index (χ1n) is 7.22. The van der Waals surface area contributed by atoms with E-state index in [4.69, 9.17) is 9.72 Å². The summed E-state index contributed by atoms with van der Waals surface area (Å²) in [7, 11) is 3.36. The maximum Gasteiger partial charge on any atom is 0.165 e. The summed E-state index contributed by atoms with van der Waals surface area (Å²) in [5.41, 5.74) is 2.11. The maximum absolute atomic E-state index is 13.9. The second-order valence-corrected chi connectivity index (χ2v) is 6.36. The third-order valence-corrected chi connectivity index (χ3v) is 5.13. The van der Waals surface area contributed by atoms with Crippen LogP contribution in [0.25, 0.3) is 0 Å². The first-order valence-corrected chi connectivity index (χ1v) is 8.03. The fourth-order valence-electron chi connectivity index (χ4n) is 2.79. The number of benzene rings is 1. The lowest BCUT2D eigenvalue weighted by atomic mass is 10.0. The standard InChI is InChI=1S/C16H19FN2OS/c1-18-15(10-7-8-13(20-2)11(17)9-10)16-19-12-5-3-4-6-14(12)21-16/h7-9,15,18H,3-6H2,1-2H3. The lowest BCUT2D eigenvalue weighted by molar-refractivity contribution is 0.386. The number of nitrogens with zero attached hydrogens (tertiary/aromatic N) is 1. The topological polar surface area (TPSA) is 34.1 Å². The molecular formula is C16H19FN2OS. The molecule has 0 fully saturated rings. The minimum atomic E-state index is -0.337. The zero-order valence-corrected chi connectivity index (χ0v) is 13.1. The molecule has 1 aromatic heterocycles. The second-order valence-electron chi connectivity index (χ2n) is 5.24. The molecule has 1 atom stereocenters. The maximum atomic E-state index is 13.9. The summed E-state index contributed by atoms with van der Waals surface area (Å²) < 4.78 is 18.9. The smallest absolute Gasteiger partial charge is 0.165 e. The van der Waals surface area contributed by atoms with Crippen LogP contribution in [-0.2, 0) is 12.8 Å². The summed E-state index contributed by atoms with van der Waals surface area (Å²) in [6, 6.07) is 5.02. The lowest BCUT2D eigenvalue weighted by Crippen LogP contribution is -2.17. The summed E-state index contributed by atoms with van der Waals surface area (Å²) in [5, 5.41) is 4.27. The monoisotopic (exact) mass is 306 g/mol. The molecule has 0 amide bonds. The highest BCUT2D eigenvalue weighted by atomic mass is 32.1. The summed E-state index contributed by atoms with van der Waals surface area (Å²) >= 11 is 1.75. The quantitative estimate of drug-likeness (QED) is 0.939. The highest BCUT2D eigenvalue weighted by molar-refractivity contribution is 7.11. The van der Waals surface area contributed by atoms with Gasteiger partial charge in [0, 0.05) is 4.88 Å². The Morgan fingerprint density at radius 2 is 2.14 bits per heavy atom. The van der Waals surface area contributed by atoms with Crippen molar-refractivity contribution in [2.24, 2.45) is 0 Å². The Kier molecular flexibility index (Phi) is 4.22. The van der Waals surface area contributed by atoms with Gasteiger partial charge in [0.05, 0.1) is 18.8 Å². The van der Waals surface area contributed by atoms with Crippen LogP contribution in [-0.4, -0.2) is 19.1 Å². The van der Waals surface area contributed by atoms with Gasteiger partial charge in [0.2, 0.25) is 0 Å². The van der Waals surface area contributed by atoms with E-state index in [-0.39, 0.29) is 17.6 Å². The Hall–Kier alpha value is -1.46. The summed E-state index contributed by atoms with van der Waals surface area (Å²) in [5.74, 6) is -0.0661. The van der Waals surface area contributed by atoms with Crippen LogP contribution in [0.1, 0.15) is 40.0 Å². The molecule has 21 heavy (non-hydrogen) atoms. The molecule has 0 bridgehead atoms. The lowest BCUT2D eigenvalue weighted by Gasteiger charge is -2.14. The Balaban J connectivity index is 1.94. The average Bonchev–Trinajstić information content (AvgIpc) is 2.91. The molecule has 1 unspecified atom stereocenters. The molecule has 3 rings (SSSR count). The van der Waals surface area contributed by atoms with Crippen molar-refractivity contribution in [3.8, 4) is 5.75 Å². The van der Waals surface area contributed by atoms with E-state index in [1.807, 2.05) is 13.1 Å². The first-order chi connectivity index (χ1) is 10.2. The molecule has 1 N–H and O–H groups in total. The summed E-state index contributed by atoms with van der Waals surface area (Å²) in [6.45, 7) is 0. The highest BCUT2D eigenvalue weighted by Crippen LogP contribution is 2.33. The molecule has 1 aliphatic carbocycles. The van der Waals surface area contributed by atoms with E-state index >= 15 is 0 Å². The van der Waals surface area contributed by atoms with Crippen molar-refractivity contribution in [1.29, 1.82) is 0 Å². The molecule has 112 valence electrons. The molecule has 0 spiro atoms. The number of halogens is 1. The number of hydrogen-bond acceptors (Lipinski definition) is 4. The van der Waals surface area contributed by atoms with Crippen molar-refractivity contribution in [2.45, 2.75) is 31.7 Å². The number of hydrogen-bond donors (Lipinski definition) is 1. The fourth-order valence-corrected chi connectivity index (χ4v) is 4.08. The number of ether oxygens (including phenoxy) is 1. The van der Waals surface area contributed by atoms with E-state index in [2.05, 4.69) is 5.32 Å². The first kappa shape index (κ1) is 14.5. The number of methoxy groups -OCH3 is 1. The van der Waals surface area contributed by atoms with E-state index in [0.717, 1.165) is 23.4 Å². The van der Waals surface area contributed by atoms with E-state index in [9.17, 15) is 4.39 Å². The van der Waals surface area contributed by atoms with Gasteiger partial charge < -0.3 is 10.1 Å². The number of aromatic nitrogens is 1. The van der Waals surface area contributed by atoms with E-state index in [1.165, 1.54) is 36.6 Å². The molecule has 0 saturated heterocycles. The van der Waals surface area contributed by atoms with Crippen molar-refractivity contribution in [3.63, 3.8) is 0 Å². The second kappa shape index (κ2) is 6.12. The van der Waals surface area contributed by atoms with Gasteiger partial charge in [-0.1, -0.05) is 6.07 Å². The third-order valence-electron chi connectivity index (χ3n) is 3.91. The summed E-state index contributed by atoms with van der Waals surface area (Å²) in [6.07, 6.45) is 4.66. The Morgan fingerprint density at radius 3 is 2.81 bits per heavy atom.